The smallest absolute Gasteiger partial charge is 0.306 e. The lowest BCUT2D eigenvalue weighted by atomic mass is 10.0. The number of rotatable bonds is 3. The van der Waals surface area contributed by atoms with Crippen molar-refractivity contribution in [3.8, 4) is 16.9 Å². The first-order chi connectivity index (χ1) is 11.2. The van der Waals surface area contributed by atoms with Crippen LogP contribution in [0.3, 0.4) is 0 Å². The summed E-state index contributed by atoms with van der Waals surface area (Å²) in [6.07, 6.45) is 0.954. The molecule has 2 aromatic carbocycles. The van der Waals surface area contributed by atoms with Crippen molar-refractivity contribution >= 4 is 37.0 Å². The van der Waals surface area contributed by atoms with Crippen molar-refractivity contribution in [3.05, 3.63) is 62.9 Å². The molecule has 7 heteroatoms. The minimum Gasteiger partial charge on any atom is -0.460 e. The molecule has 0 aliphatic heterocycles. The van der Waals surface area contributed by atoms with Gasteiger partial charge in [-0.3, -0.25) is 4.79 Å². The molecule has 0 bridgehead atoms. The van der Waals surface area contributed by atoms with Crippen LogP contribution in [-0.2, 0) is 10.1 Å². The Morgan fingerprint density at radius 1 is 1.08 bits per heavy atom. The van der Waals surface area contributed by atoms with E-state index in [1.54, 1.807) is 6.92 Å². The molecule has 0 saturated carbocycles. The van der Waals surface area contributed by atoms with E-state index < -0.39 is 10.1 Å². The van der Waals surface area contributed by atoms with Crippen molar-refractivity contribution in [2.24, 2.45) is 0 Å². The first-order valence-electron chi connectivity index (χ1n) is 6.97. The highest BCUT2D eigenvalue weighted by molar-refractivity contribution is 9.10. The molecule has 1 heterocycles. The van der Waals surface area contributed by atoms with Crippen LogP contribution < -0.4 is 9.61 Å². The molecule has 24 heavy (non-hydrogen) atoms. The predicted octanol–water partition coefficient (Wildman–Crippen LogP) is 3.87. The summed E-state index contributed by atoms with van der Waals surface area (Å²) in [4.78, 5) is 12.8. The van der Waals surface area contributed by atoms with Gasteiger partial charge in [0, 0.05) is 10.5 Å². The summed E-state index contributed by atoms with van der Waals surface area (Å²) in [6.45, 7) is 1.70. The van der Waals surface area contributed by atoms with Crippen LogP contribution in [0.5, 0.6) is 5.75 Å². The van der Waals surface area contributed by atoms with E-state index in [0.29, 0.717) is 16.7 Å². The summed E-state index contributed by atoms with van der Waals surface area (Å²) in [5, 5.41) is 0.361. The molecule has 0 aliphatic rings. The maximum Gasteiger partial charge on any atom is 0.306 e. The number of hydrogen-bond acceptors (Lipinski definition) is 5. The lowest BCUT2D eigenvalue weighted by Crippen LogP contribution is -2.09. The Bertz CT molecular complexity index is 1080. The Hall–Kier alpha value is -2.12. The predicted molar refractivity (Wildman–Crippen MR) is 95.8 cm³/mol. The largest absolute Gasteiger partial charge is 0.460 e. The molecule has 0 N–H and O–H groups in total. The molecule has 0 unspecified atom stereocenters. The highest BCUT2D eigenvalue weighted by Gasteiger charge is 2.15. The van der Waals surface area contributed by atoms with Crippen LogP contribution in [0.1, 0.15) is 5.76 Å². The lowest BCUT2D eigenvalue weighted by molar-refractivity contribution is 0.492. The molecule has 0 fully saturated rings. The van der Waals surface area contributed by atoms with E-state index in [9.17, 15) is 13.2 Å². The van der Waals surface area contributed by atoms with Crippen molar-refractivity contribution in [3.63, 3.8) is 0 Å². The van der Waals surface area contributed by atoms with Crippen molar-refractivity contribution in [2.75, 3.05) is 6.26 Å². The summed E-state index contributed by atoms with van der Waals surface area (Å²) >= 11 is 3.36. The molecular formula is C17H13BrO5S. The van der Waals surface area contributed by atoms with Gasteiger partial charge in [0.1, 0.15) is 17.1 Å². The first kappa shape index (κ1) is 16.7. The molecule has 0 atom stereocenters. The fourth-order valence-corrected chi connectivity index (χ4v) is 3.18. The van der Waals surface area contributed by atoms with E-state index in [-0.39, 0.29) is 16.8 Å². The number of aryl methyl sites for hydroxylation is 1. The standard InChI is InChI=1S/C17H13BrO5S/c1-10-16(11-3-5-12(18)6-4-11)17(19)14-8-7-13(9-15(14)22-10)23-24(2,20)21/h3-9H,1-2H3. The molecule has 0 radical (unpaired) electrons. The number of hydrogen-bond donors (Lipinski definition) is 0. The SMILES string of the molecule is Cc1oc2cc(OS(C)(=O)=O)ccc2c(=O)c1-c1ccc(Br)cc1. The molecule has 3 rings (SSSR count). The Morgan fingerprint density at radius 2 is 1.75 bits per heavy atom. The summed E-state index contributed by atoms with van der Waals surface area (Å²) in [7, 11) is -3.65. The zero-order chi connectivity index (χ0) is 17.5. The molecule has 1 aromatic heterocycles. The van der Waals surface area contributed by atoms with Gasteiger partial charge in [0.15, 0.2) is 0 Å². The summed E-state index contributed by atoms with van der Waals surface area (Å²) in [6, 6.07) is 11.7. The highest BCUT2D eigenvalue weighted by Crippen LogP contribution is 2.27. The Labute approximate surface area is 147 Å². The summed E-state index contributed by atoms with van der Waals surface area (Å²) in [5.41, 5.74) is 1.33. The third kappa shape index (κ3) is 3.37. The average Bonchev–Trinajstić information content (AvgIpc) is 2.47. The summed E-state index contributed by atoms with van der Waals surface area (Å²) in [5.74, 6) is 0.551. The van der Waals surface area contributed by atoms with Gasteiger partial charge in [-0.05, 0) is 36.8 Å². The van der Waals surface area contributed by atoms with Gasteiger partial charge in [-0.2, -0.15) is 8.42 Å². The van der Waals surface area contributed by atoms with Crippen molar-refractivity contribution in [2.45, 2.75) is 6.92 Å². The van der Waals surface area contributed by atoms with E-state index in [1.807, 2.05) is 24.3 Å². The second kappa shape index (κ2) is 6.07. The molecular weight excluding hydrogens is 396 g/mol. The molecule has 0 aliphatic carbocycles. The fourth-order valence-electron chi connectivity index (χ4n) is 2.46. The van der Waals surface area contributed by atoms with E-state index >= 15 is 0 Å². The van der Waals surface area contributed by atoms with E-state index in [2.05, 4.69) is 15.9 Å². The zero-order valence-corrected chi connectivity index (χ0v) is 15.3. The van der Waals surface area contributed by atoms with Gasteiger partial charge in [0.2, 0.25) is 5.43 Å². The highest BCUT2D eigenvalue weighted by atomic mass is 79.9. The van der Waals surface area contributed by atoms with Gasteiger partial charge in [-0.1, -0.05) is 28.1 Å². The van der Waals surface area contributed by atoms with Crippen molar-refractivity contribution in [1.29, 1.82) is 0 Å². The van der Waals surface area contributed by atoms with Crippen LogP contribution in [0.4, 0.5) is 0 Å². The molecule has 0 amide bonds. The average molecular weight is 409 g/mol. The van der Waals surface area contributed by atoms with Crippen LogP contribution in [0.25, 0.3) is 22.1 Å². The second-order valence-corrected chi connectivity index (χ2v) is 7.81. The van der Waals surface area contributed by atoms with Crippen LogP contribution in [-0.4, -0.2) is 14.7 Å². The van der Waals surface area contributed by atoms with Gasteiger partial charge in [0.25, 0.3) is 0 Å². The quantitative estimate of drug-likeness (QED) is 0.614. The van der Waals surface area contributed by atoms with Crippen LogP contribution in [0, 0.1) is 6.92 Å². The minimum absolute atomic E-state index is 0.101. The zero-order valence-electron chi connectivity index (χ0n) is 12.9. The second-order valence-electron chi connectivity index (χ2n) is 5.31. The monoisotopic (exact) mass is 408 g/mol. The third-order valence-corrected chi connectivity index (χ3v) is 4.44. The number of halogens is 1. The van der Waals surface area contributed by atoms with Crippen molar-refractivity contribution in [1.82, 2.24) is 0 Å². The van der Waals surface area contributed by atoms with Crippen LogP contribution in [0.15, 0.2) is 56.1 Å². The Balaban J connectivity index is 2.19. The lowest BCUT2D eigenvalue weighted by Gasteiger charge is -2.08. The topological polar surface area (TPSA) is 73.6 Å². The van der Waals surface area contributed by atoms with Crippen molar-refractivity contribution < 1.29 is 17.0 Å². The Kier molecular flexibility index (Phi) is 4.23. The molecule has 0 saturated heterocycles. The minimum atomic E-state index is -3.65. The van der Waals surface area contributed by atoms with Gasteiger partial charge in [-0.15, -0.1) is 0 Å². The summed E-state index contributed by atoms with van der Waals surface area (Å²) < 4.78 is 33.9. The van der Waals surface area contributed by atoms with Crippen LogP contribution in [0.2, 0.25) is 0 Å². The van der Waals surface area contributed by atoms with Gasteiger partial charge >= 0.3 is 10.1 Å². The van der Waals surface area contributed by atoms with E-state index in [4.69, 9.17) is 8.60 Å². The van der Waals surface area contributed by atoms with Crippen LogP contribution >= 0.6 is 15.9 Å². The molecule has 3 aromatic rings. The number of fused-ring (bicyclic) bond motifs is 1. The maximum atomic E-state index is 12.8. The number of benzene rings is 2. The maximum absolute atomic E-state index is 12.8. The molecule has 124 valence electrons. The van der Waals surface area contributed by atoms with E-state index in [1.165, 1.54) is 18.2 Å². The molecule has 0 spiro atoms. The molecule has 5 nitrogen and oxygen atoms in total. The van der Waals surface area contributed by atoms with Gasteiger partial charge < -0.3 is 8.60 Å². The van der Waals surface area contributed by atoms with E-state index in [0.717, 1.165) is 16.3 Å². The first-order valence-corrected chi connectivity index (χ1v) is 9.58. The normalized spacial score (nSPS) is 11.6. The fraction of sp³-hybridized carbons (Fsp3) is 0.118. The third-order valence-electron chi connectivity index (χ3n) is 3.42. The Morgan fingerprint density at radius 3 is 2.38 bits per heavy atom. The van der Waals surface area contributed by atoms with Gasteiger partial charge in [0.05, 0.1) is 17.2 Å². The van der Waals surface area contributed by atoms with Gasteiger partial charge in [-0.25, -0.2) is 0 Å².